The molecule has 0 radical (unpaired) electrons. The van der Waals surface area contributed by atoms with Crippen molar-refractivity contribution in [1.82, 2.24) is 0 Å². The molecule has 0 aliphatic rings. The largest absolute Gasteiger partial charge is 0.294 e. The molecule has 0 saturated carbocycles. The fourth-order valence-corrected chi connectivity index (χ4v) is 0.859. The Labute approximate surface area is 76.2 Å². The van der Waals surface area contributed by atoms with Gasteiger partial charge in [0.1, 0.15) is 0 Å². The lowest BCUT2D eigenvalue weighted by Gasteiger charge is -2.16. The highest BCUT2D eigenvalue weighted by Crippen LogP contribution is 2.19. The third-order valence-electron chi connectivity index (χ3n) is 1.56. The molecule has 0 spiro atoms. The Balaban J connectivity index is 3.26. The minimum absolute atomic E-state index is 0.137. The average Bonchev–Trinajstić information content (AvgIpc) is 2.01. The van der Waals surface area contributed by atoms with Gasteiger partial charge in [-0.2, -0.15) is 0 Å². The summed E-state index contributed by atoms with van der Waals surface area (Å²) >= 11 is 0. The molecule has 1 nitrogen and oxygen atoms in total. The van der Waals surface area contributed by atoms with Crippen LogP contribution in [0.4, 0.5) is 0 Å². The van der Waals surface area contributed by atoms with E-state index >= 15 is 0 Å². The molecular formula is C11H14O. The van der Waals surface area contributed by atoms with Gasteiger partial charge in [-0.1, -0.05) is 51.1 Å². The molecule has 0 bridgehead atoms. The van der Waals surface area contributed by atoms with Crippen LogP contribution in [0, 0.1) is 5.41 Å². The van der Waals surface area contributed by atoms with E-state index in [1.165, 1.54) is 12.1 Å². The number of carbonyl (C=O) groups is 1. The summed E-state index contributed by atoms with van der Waals surface area (Å²) in [5.41, 5.74) is -0.313. The Morgan fingerprint density at radius 2 is 1.75 bits per heavy atom. The average molecular weight is 164 g/mol. The second-order valence-electron chi connectivity index (χ2n) is 3.77. The number of carbonyl (C=O) groups excluding carboxylic acids is 1. The monoisotopic (exact) mass is 164 g/mol. The molecule has 0 saturated heterocycles. The Bertz CT molecular complexity index is 344. The third kappa shape index (κ3) is 1.94. The Morgan fingerprint density at radius 3 is 2.17 bits per heavy atom. The number of rotatable bonds is 1. The number of benzene rings is 1. The van der Waals surface area contributed by atoms with Crippen LogP contribution in [-0.2, 0) is 0 Å². The quantitative estimate of drug-likeness (QED) is 0.583. The van der Waals surface area contributed by atoms with Crippen LogP contribution in [0.3, 0.4) is 0 Å². The number of hydrogen-bond acceptors (Lipinski definition) is 1. The summed E-state index contributed by atoms with van der Waals surface area (Å²) in [7, 11) is 0. The first-order valence-corrected chi connectivity index (χ1v) is 3.95. The van der Waals surface area contributed by atoms with Gasteiger partial charge in [-0.15, -0.1) is 0 Å². The molecule has 0 heterocycles. The summed E-state index contributed by atoms with van der Waals surface area (Å²) in [4.78, 5) is 11.9. The molecule has 64 valence electrons. The van der Waals surface area contributed by atoms with Crippen molar-refractivity contribution < 1.29 is 7.54 Å². The highest BCUT2D eigenvalue weighted by atomic mass is 16.1. The Morgan fingerprint density at radius 1 is 1.25 bits per heavy atom. The van der Waals surface area contributed by atoms with Crippen molar-refractivity contribution in [2.24, 2.45) is 5.41 Å². The van der Waals surface area contributed by atoms with Crippen molar-refractivity contribution in [2.45, 2.75) is 20.8 Å². The fourth-order valence-electron chi connectivity index (χ4n) is 0.859. The maximum absolute atomic E-state index is 11.9. The molecule has 0 fully saturated rings. The molecule has 0 aromatic heterocycles. The predicted molar refractivity (Wildman–Crippen MR) is 50.2 cm³/mol. The van der Waals surface area contributed by atoms with Gasteiger partial charge in [-0.3, -0.25) is 4.79 Å². The number of hydrogen-bond donors (Lipinski definition) is 0. The van der Waals surface area contributed by atoms with Crippen molar-refractivity contribution in [2.75, 3.05) is 0 Å². The lowest BCUT2D eigenvalue weighted by atomic mass is 9.87. The standard InChI is InChI=1S/C11H14O/c1-11(2,3)10(12)9-7-5-4-6-8-9/h4-8H,1-3H3/i7D,8D. The summed E-state index contributed by atoms with van der Waals surface area (Å²) in [5, 5.41) is 0. The maximum atomic E-state index is 11.9. The molecule has 1 aromatic rings. The first-order chi connectivity index (χ1) is 6.34. The Kier molecular flexibility index (Phi) is 1.65. The van der Waals surface area contributed by atoms with E-state index in [4.69, 9.17) is 2.74 Å². The zero-order valence-corrected chi connectivity index (χ0v) is 7.64. The zero-order chi connectivity index (χ0) is 10.9. The summed E-state index contributed by atoms with van der Waals surface area (Å²) in [6.45, 7) is 5.38. The van der Waals surface area contributed by atoms with E-state index in [1.807, 2.05) is 0 Å². The van der Waals surface area contributed by atoms with Gasteiger partial charge in [0.05, 0.1) is 2.74 Å². The number of ketones is 1. The smallest absolute Gasteiger partial charge is 0.168 e. The van der Waals surface area contributed by atoms with Gasteiger partial charge in [0.25, 0.3) is 0 Å². The molecule has 0 aliphatic carbocycles. The molecule has 0 unspecified atom stereocenters. The lowest BCUT2D eigenvalue weighted by molar-refractivity contribution is 0.0858. The van der Waals surface area contributed by atoms with Crippen LogP contribution in [0.2, 0.25) is 0 Å². The van der Waals surface area contributed by atoms with Gasteiger partial charge in [0.15, 0.2) is 5.78 Å². The molecule has 1 heteroatoms. The van der Waals surface area contributed by atoms with Crippen molar-refractivity contribution in [3.63, 3.8) is 0 Å². The molecule has 0 atom stereocenters. The Hall–Kier alpha value is -1.11. The van der Waals surface area contributed by atoms with Crippen LogP contribution >= 0.6 is 0 Å². The maximum Gasteiger partial charge on any atom is 0.168 e. The molecule has 0 amide bonds. The highest BCUT2D eigenvalue weighted by molar-refractivity contribution is 5.99. The van der Waals surface area contributed by atoms with E-state index < -0.39 is 5.41 Å². The van der Waals surface area contributed by atoms with Gasteiger partial charge in [-0.25, -0.2) is 0 Å². The molecule has 0 N–H and O–H groups in total. The van der Waals surface area contributed by atoms with Crippen LogP contribution in [-0.4, -0.2) is 5.78 Å². The minimum atomic E-state index is -0.535. The summed E-state index contributed by atoms with van der Waals surface area (Å²) < 4.78 is 15.2. The third-order valence-corrected chi connectivity index (χ3v) is 1.56. The van der Waals surface area contributed by atoms with Crippen molar-refractivity contribution in [3.05, 3.63) is 35.8 Å². The van der Waals surface area contributed by atoms with Gasteiger partial charge >= 0.3 is 0 Å². The summed E-state index contributed by atoms with van der Waals surface area (Å²) in [6.07, 6.45) is 0. The topological polar surface area (TPSA) is 17.1 Å². The summed E-state index contributed by atoms with van der Waals surface area (Å²) in [5.74, 6) is -0.145. The predicted octanol–water partition coefficient (Wildman–Crippen LogP) is 2.92. The first-order valence-electron chi connectivity index (χ1n) is 4.95. The molecule has 0 aliphatic heterocycles. The minimum Gasteiger partial charge on any atom is -0.294 e. The van der Waals surface area contributed by atoms with Crippen molar-refractivity contribution >= 4 is 5.78 Å². The fraction of sp³-hybridized carbons (Fsp3) is 0.364. The molecule has 12 heavy (non-hydrogen) atoms. The zero-order valence-electron chi connectivity index (χ0n) is 9.64. The van der Waals surface area contributed by atoms with E-state index in [9.17, 15) is 4.79 Å². The lowest BCUT2D eigenvalue weighted by Crippen LogP contribution is -2.19. The number of Topliss-reactive ketones (excluding diaryl/α,β-unsaturated/α-hetero) is 1. The van der Waals surface area contributed by atoms with E-state index in [2.05, 4.69) is 0 Å². The van der Waals surface area contributed by atoms with Gasteiger partial charge in [0.2, 0.25) is 0 Å². The van der Waals surface area contributed by atoms with Gasteiger partial charge < -0.3 is 0 Å². The van der Waals surface area contributed by atoms with Gasteiger partial charge in [-0.05, 0) is 0 Å². The van der Waals surface area contributed by atoms with Crippen molar-refractivity contribution in [3.8, 4) is 0 Å². The van der Waals surface area contributed by atoms with E-state index in [-0.39, 0.29) is 23.4 Å². The van der Waals surface area contributed by atoms with Gasteiger partial charge in [0, 0.05) is 11.0 Å². The molecular weight excluding hydrogens is 148 g/mol. The first kappa shape index (κ1) is 6.41. The van der Waals surface area contributed by atoms with E-state index in [1.54, 1.807) is 26.8 Å². The molecule has 1 rings (SSSR count). The highest BCUT2D eigenvalue weighted by Gasteiger charge is 2.21. The van der Waals surface area contributed by atoms with Crippen LogP contribution in [0.15, 0.2) is 30.3 Å². The van der Waals surface area contributed by atoms with Crippen LogP contribution in [0.25, 0.3) is 0 Å². The van der Waals surface area contributed by atoms with E-state index in [0.717, 1.165) is 0 Å². The molecule has 1 aromatic carbocycles. The normalized spacial score (nSPS) is 13.6. The van der Waals surface area contributed by atoms with Crippen LogP contribution < -0.4 is 0 Å². The van der Waals surface area contributed by atoms with E-state index in [0.29, 0.717) is 0 Å². The SMILES string of the molecule is [2H]c1cccc([2H])c1C(=O)C(C)(C)C. The van der Waals surface area contributed by atoms with Crippen molar-refractivity contribution in [1.29, 1.82) is 0 Å². The van der Waals surface area contributed by atoms with Crippen LogP contribution in [0.1, 0.15) is 33.9 Å². The second kappa shape index (κ2) is 3.10. The summed E-state index contributed by atoms with van der Waals surface area (Å²) in [6, 6.07) is 4.97. The second-order valence-corrected chi connectivity index (χ2v) is 3.77. The van der Waals surface area contributed by atoms with Crippen LogP contribution in [0.5, 0.6) is 0 Å².